The largest absolute Gasteiger partial charge is 0.326 e. The monoisotopic (exact) mass is 306 g/mol. The SMILES string of the molecule is NCc1ccc2c(c1)C(CN1CCCCCC1)=CS2(=O)=O. The molecule has 0 unspecified atom stereocenters. The number of benzene rings is 1. The Labute approximate surface area is 126 Å². The number of hydrogen-bond acceptors (Lipinski definition) is 4. The molecular weight excluding hydrogens is 284 g/mol. The first-order chi connectivity index (χ1) is 10.1. The minimum Gasteiger partial charge on any atom is -0.326 e. The van der Waals surface area contributed by atoms with Crippen molar-refractivity contribution in [2.45, 2.75) is 37.1 Å². The third-order valence-corrected chi connectivity index (χ3v) is 5.89. The van der Waals surface area contributed by atoms with Gasteiger partial charge in [-0.1, -0.05) is 18.9 Å². The molecule has 114 valence electrons. The van der Waals surface area contributed by atoms with Crippen molar-refractivity contribution in [1.82, 2.24) is 4.90 Å². The molecule has 4 nitrogen and oxygen atoms in total. The molecule has 1 fully saturated rings. The third-order valence-electron chi connectivity index (χ3n) is 4.32. The topological polar surface area (TPSA) is 63.4 Å². The van der Waals surface area contributed by atoms with Gasteiger partial charge in [-0.2, -0.15) is 0 Å². The van der Waals surface area contributed by atoms with E-state index in [-0.39, 0.29) is 0 Å². The van der Waals surface area contributed by atoms with Crippen molar-refractivity contribution < 1.29 is 8.42 Å². The first-order valence-electron chi connectivity index (χ1n) is 7.61. The summed E-state index contributed by atoms with van der Waals surface area (Å²) in [5.74, 6) is 0. The van der Waals surface area contributed by atoms with Gasteiger partial charge in [0.05, 0.1) is 4.90 Å². The predicted molar refractivity (Wildman–Crippen MR) is 84.4 cm³/mol. The summed E-state index contributed by atoms with van der Waals surface area (Å²) in [5, 5.41) is 1.45. The van der Waals surface area contributed by atoms with Gasteiger partial charge in [-0.3, -0.25) is 4.90 Å². The van der Waals surface area contributed by atoms with Crippen LogP contribution in [0.2, 0.25) is 0 Å². The molecule has 0 amide bonds. The molecule has 0 atom stereocenters. The summed E-state index contributed by atoms with van der Waals surface area (Å²) >= 11 is 0. The lowest BCUT2D eigenvalue weighted by atomic mass is 10.0. The van der Waals surface area contributed by atoms with Gasteiger partial charge in [-0.15, -0.1) is 0 Å². The van der Waals surface area contributed by atoms with Crippen molar-refractivity contribution in [3.8, 4) is 0 Å². The van der Waals surface area contributed by atoms with Gasteiger partial charge >= 0.3 is 0 Å². The zero-order valence-corrected chi connectivity index (χ0v) is 13.0. The average molecular weight is 306 g/mol. The van der Waals surface area contributed by atoms with Crippen molar-refractivity contribution in [2.75, 3.05) is 19.6 Å². The van der Waals surface area contributed by atoms with E-state index in [1.165, 1.54) is 31.1 Å². The fraction of sp³-hybridized carbons (Fsp3) is 0.500. The van der Waals surface area contributed by atoms with Crippen LogP contribution in [0.5, 0.6) is 0 Å². The maximum absolute atomic E-state index is 12.2. The van der Waals surface area contributed by atoms with E-state index in [1.807, 2.05) is 6.07 Å². The van der Waals surface area contributed by atoms with Gasteiger partial charge in [0.1, 0.15) is 0 Å². The normalized spacial score (nSPS) is 21.7. The molecule has 0 spiro atoms. The summed E-state index contributed by atoms with van der Waals surface area (Å²) < 4.78 is 24.5. The van der Waals surface area contributed by atoms with Crippen molar-refractivity contribution in [3.63, 3.8) is 0 Å². The van der Waals surface area contributed by atoms with E-state index < -0.39 is 9.84 Å². The highest BCUT2D eigenvalue weighted by Gasteiger charge is 2.28. The van der Waals surface area contributed by atoms with Gasteiger partial charge < -0.3 is 5.73 Å². The second-order valence-corrected chi connectivity index (χ2v) is 7.68. The smallest absolute Gasteiger partial charge is 0.200 e. The first kappa shape index (κ1) is 14.8. The highest BCUT2D eigenvalue weighted by atomic mass is 32.2. The zero-order chi connectivity index (χ0) is 14.9. The highest BCUT2D eigenvalue weighted by molar-refractivity contribution is 7.95. The maximum atomic E-state index is 12.2. The minimum atomic E-state index is -3.27. The Kier molecular flexibility index (Phi) is 4.15. The van der Waals surface area contributed by atoms with Crippen LogP contribution < -0.4 is 5.73 Å². The molecule has 0 aromatic heterocycles. The Morgan fingerprint density at radius 2 is 1.81 bits per heavy atom. The van der Waals surface area contributed by atoms with Crippen molar-refractivity contribution in [1.29, 1.82) is 0 Å². The molecular formula is C16H22N2O2S. The molecule has 0 radical (unpaired) electrons. The average Bonchev–Trinajstić information content (AvgIpc) is 2.65. The second kappa shape index (κ2) is 5.91. The highest BCUT2D eigenvalue weighted by Crippen LogP contribution is 2.34. The molecule has 1 aromatic rings. The molecule has 0 saturated carbocycles. The zero-order valence-electron chi connectivity index (χ0n) is 12.2. The standard InChI is InChI=1S/C16H22N2O2S/c17-10-13-5-6-16-15(9-13)14(12-21(16,19)20)11-18-7-3-1-2-4-8-18/h5-6,9,12H,1-4,7-8,10-11,17H2. The van der Waals surface area contributed by atoms with Crippen LogP contribution in [0.15, 0.2) is 28.5 Å². The van der Waals surface area contributed by atoms with Gasteiger partial charge in [0.15, 0.2) is 0 Å². The summed E-state index contributed by atoms with van der Waals surface area (Å²) in [5.41, 5.74) is 8.43. The number of hydrogen-bond donors (Lipinski definition) is 1. The molecule has 2 N–H and O–H groups in total. The van der Waals surface area contributed by atoms with Gasteiger partial charge in [0.25, 0.3) is 0 Å². The number of nitrogens with zero attached hydrogens (tertiary/aromatic N) is 1. The van der Waals surface area contributed by atoms with Crippen LogP contribution in [0.3, 0.4) is 0 Å². The van der Waals surface area contributed by atoms with Gasteiger partial charge in [0.2, 0.25) is 9.84 Å². The van der Waals surface area contributed by atoms with Crippen LogP contribution in [-0.2, 0) is 16.4 Å². The molecule has 0 bridgehead atoms. The first-order valence-corrected chi connectivity index (χ1v) is 9.16. The van der Waals surface area contributed by atoms with E-state index in [1.54, 1.807) is 12.1 Å². The van der Waals surface area contributed by atoms with Gasteiger partial charge in [0, 0.05) is 18.5 Å². The summed E-state index contributed by atoms with van der Waals surface area (Å²) in [4.78, 5) is 2.81. The summed E-state index contributed by atoms with van der Waals surface area (Å²) in [7, 11) is -3.27. The minimum absolute atomic E-state index is 0.435. The van der Waals surface area contributed by atoms with Crippen LogP contribution in [0, 0.1) is 0 Å². The molecule has 2 aliphatic rings. The van der Waals surface area contributed by atoms with Crippen molar-refractivity contribution >= 4 is 15.4 Å². The van der Waals surface area contributed by atoms with Gasteiger partial charge in [-0.05, 0) is 54.8 Å². The van der Waals surface area contributed by atoms with Crippen LogP contribution in [0.4, 0.5) is 0 Å². The van der Waals surface area contributed by atoms with Crippen LogP contribution in [0.25, 0.3) is 5.57 Å². The summed E-state index contributed by atoms with van der Waals surface area (Å²) in [6, 6.07) is 5.43. The Morgan fingerprint density at radius 1 is 1.10 bits per heavy atom. The van der Waals surface area contributed by atoms with Crippen LogP contribution in [-0.4, -0.2) is 33.0 Å². The molecule has 2 heterocycles. The molecule has 2 aliphatic heterocycles. The van der Waals surface area contributed by atoms with E-state index in [2.05, 4.69) is 4.90 Å². The van der Waals surface area contributed by atoms with Crippen molar-refractivity contribution in [3.05, 3.63) is 34.7 Å². The molecule has 1 saturated heterocycles. The lowest BCUT2D eigenvalue weighted by Gasteiger charge is -2.20. The Hall–Kier alpha value is -1.17. The van der Waals surface area contributed by atoms with E-state index in [0.29, 0.717) is 11.4 Å². The fourth-order valence-corrected chi connectivity index (χ4v) is 4.63. The molecule has 21 heavy (non-hydrogen) atoms. The van der Waals surface area contributed by atoms with Crippen LogP contribution in [0.1, 0.15) is 36.8 Å². The quantitative estimate of drug-likeness (QED) is 0.929. The maximum Gasteiger partial charge on any atom is 0.200 e. The van der Waals surface area contributed by atoms with Gasteiger partial charge in [-0.25, -0.2) is 8.42 Å². The fourth-order valence-electron chi connectivity index (χ4n) is 3.18. The molecule has 3 rings (SSSR count). The van der Waals surface area contributed by atoms with E-state index in [9.17, 15) is 8.42 Å². The number of likely N-dealkylation sites (tertiary alicyclic amines) is 1. The number of sulfone groups is 1. The van der Waals surface area contributed by atoms with E-state index >= 15 is 0 Å². The lowest BCUT2D eigenvalue weighted by Crippen LogP contribution is -2.26. The summed E-state index contributed by atoms with van der Waals surface area (Å²) in [6.45, 7) is 3.27. The molecule has 1 aromatic carbocycles. The number of rotatable bonds is 3. The molecule has 0 aliphatic carbocycles. The summed E-state index contributed by atoms with van der Waals surface area (Å²) in [6.07, 6.45) is 4.97. The predicted octanol–water partition coefficient (Wildman–Crippen LogP) is 2.15. The third kappa shape index (κ3) is 3.05. The van der Waals surface area contributed by atoms with Crippen molar-refractivity contribution in [2.24, 2.45) is 5.73 Å². The van der Waals surface area contributed by atoms with Crippen LogP contribution >= 0.6 is 0 Å². The second-order valence-electron chi connectivity index (χ2n) is 5.91. The lowest BCUT2D eigenvalue weighted by molar-refractivity contribution is 0.320. The van der Waals surface area contributed by atoms with E-state index in [0.717, 1.165) is 36.3 Å². The molecule has 5 heteroatoms. The Balaban J connectivity index is 1.90. The van der Waals surface area contributed by atoms with E-state index in [4.69, 9.17) is 5.73 Å². The Morgan fingerprint density at radius 3 is 2.48 bits per heavy atom. The Bertz CT molecular complexity index is 657. The number of fused-ring (bicyclic) bond motifs is 1. The number of nitrogens with two attached hydrogens (primary N) is 1.